The lowest BCUT2D eigenvalue weighted by Gasteiger charge is -2.24. The second-order valence-electron chi connectivity index (χ2n) is 7.47. The fraction of sp³-hybridized carbons (Fsp3) is 0.273. The van der Waals surface area contributed by atoms with Crippen molar-refractivity contribution in [2.75, 3.05) is 19.6 Å². The van der Waals surface area contributed by atoms with Crippen LogP contribution >= 0.6 is 0 Å². The van der Waals surface area contributed by atoms with Crippen molar-refractivity contribution in [1.29, 1.82) is 0 Å². The summed E-state index contributed by atoms with van der Waals surface area (Å²) in [5, 5.41) is 11.2. The van der Waals surface area contributed by atoms with Crippen LogP contribution in [0.15, 0.2) is 48.5 Å². The first-order valence-corrected chi connectivity index (χ1v) is 10.1. The van der Waals surface area contributed by atoms with Crippen molar-refractivity contribution in [2.24, 2.45) is 0 Å². The molecule has 32 heavy (non-hydrogen) atoms. The number of amides is 3. The molecule has 0 radical (unpaired) electrons. The fourth-order valence-electron chi connectivity index (χ4n) is 3.90. The third kappa shape index (κ3) is 3.82. The Balaban J connectivity index is 1.54. The van der Waals surface area contributed by atoms with E-state index in [1.807, 2.05) is 0 Å². The predicted octanol–water partition coefficient (Wildman–Crippen LogP) is 2.10. The second kappa shape index (κ2) is 8.58. The number of fused-ring (bicyclic) bond motifs is 1. The molecule has 2 heterocycles. The summed E-state index contributed by atoms with van der Waals surface area (Å²) in [5.74, 6) is -3.12. The van der Waals surface area contributed by atoms with Gasteiger partial charge in [-0.25, -0.2) is 0 Å². The van der Waals surface area contributed by atoms with Gasteiger partial charge >= 0.3 is 5.97 Å². The van der Waals surface area contributed by atoms with E-state index < -0.39 is 41.0 Å². The van der Waals surface area contributed by atoms with E-state index in [4.69, 9.17) is 4.74 Å². The number of hydrogen-bond acceptors (Lipinski definition) is 7. The number of likely N-dealkylation sites (tertiary alicyclic amines) is 1. The van der Waals surface area contributed by atoms with Crippen LogP contribution in [0, 0.1) is 10.1 Å². The van der Waals surface area contributed by atoms with Gasteiger partial charge in [0.05, 0.1) is 10.5 Å². The zero-order chi connectivity index (χ0) is 22.8. The fourth-order valence-corrected chi connectivity index (χ4v) is 3.90. The van der Waals surface area contributed by atoms with Gasteiger partial charge in [0, 0.05) is 24.7 Å². The quantitative estimate of drug-likeness (QED) is 0.293. The molecule has 2 aliphatic heterocycles. The summed E-state index contributed by atoms with van der Waals surface area (Å²) in [7, 11) is 0. The summed E-state index contributed by atoms with van der Waals surface area (Å²) in [5.41, 5.74) is -0.549. The van der Waals surface area contributed by atoms with Crippen molar-refractivity contribution in [3.8, 4) is 0 Å². The molecule has 0 spiro atoms. The molecule has 0 N–H and O–H groups in total. The Morgan fingerprint density at radius 3 is 2.34 bits per heavy atom. The number of rotatable bonds is 6. The van der Waals surface area contributed by atoms with Crippen molar-refractivity contribution in [2.45, 2.75) is 18.9 Å². The molecule has 164 valence electrons. The Morgan fingerprint density at radius 1 is 1.00 bits per heavy atom. The Hall–Kier alpha value is -4.08. The predicted molar refractivity (Wildman–Crippen MR) is 110 cm³/mol. The molecule has 4 rings (SSSR count). The van der Waals surface area contributed by atoms with Gasteiger partial charge in [-0.05, 0) is 18.9 Å². The van der Waals surface area contributed by atoms with Gasteiger partial charge in [0.1, 0.15) is 12.1 Å². The minimum absolute atomic E-state index is 0.148. The summed E-state index contributed by atoms with van der Waals surface area (Å²) < 4.78 is 5.44. The zero-order valence-electron chi connectivity index (χ0n) is 16.9. The van der Waals surface area contributed by atoms with Crippen LogP contribution in [0.2, 0.25) is 0 Å². The number of esters is 1. The van der Waals surface area contributed by atoms with E-state index in [0.717, 1.165) is 18.9 Å². The van der Waals surface area contributed by atoms with Crippen molar-refractivity contribution in [3.05, 3.63) is 75.3 Å². The van der Waals surface area contributed by atoms with Gasteiger partial charge in [0.2, 0.25) is 6.10 Å². The lowest BCUT2D eigenvalue weighted by Crippen LogP contribution is -2.39. The van der Waals surface area contributed by atoms with E-state index >= 15 is 0 Å². The van der Waals surface area contributed by atoms with Gasteiger partial charge in [-0.15, -0.1) is 0 Å². The van der Waals surface area contributed by atoms with Crippen molar-refractivity contribution in [3.63, 3.8) is 0 Å². The third-order valence-corrected chi connectivity index (χ3v) is 5.45. The highest BCUT2D eigenvalue weighted by Crippen LogP contribution is 2.31. The first-order valence-electron chi connectivity index (χ1n) is 10.1. The van der Waals surface area contributed by atoms with Crippen LogP contribution in [0.1, 0.15) is 45.2 Å². The number of hydrogen-bond donors (Lipinski definition) is 0. The van der Waals surface area contributed by atoms with Crippen LogP contribution in [0.3, 0.4) is 0 Å². The molecule has 1 atom stereocenters. The number of carbonyl (C=O) groups is 4. The van der Waals surface area contributed by atoms with Gasteiger partial charge in [-0.1, -0.05) is 36.4 Å². The molecular weight excluding hydrogens is 418 g/mol. The summed E-state index contributed by atoms with van der Waals surface area (Å²) >= 11 is 0. The topological polar surface area (TPSA) is 127 Å². The maximum absolute atomic E-state index is 13.0. The molecule has 2 aromatic rings. The summed E-state index contributed by atoms with van der Waals surface area (Å²) in [6.45, 7) is 0.351. The lowest BCUT2D eigenvalue weighted by atomic mass is 10.1. The Morgan fingerprint density at radius 2 is 1.69 bits per heavy atom. The Bertz CT molecular complexity index is 1110. The molecule has 10 nitrogen and oxygen atoms in total. The molecule has 0 aliphatic carbocycles. The molecule has 1 saturated heterocycles. The molecule has 0 bridgehead atoms. The number of carbonyl (C=O) groups excluding carboxylic acids is 4. The van der Waals surface area contributed by atoms with Crippen LogP contribution in [0.25, 0.3) is 0 Å². The van der Waals surface area contributed by atoms with Gasteiger partial charge in [0.15, 0.2) is 0 Å². The molecule has 2 aromatic carbocycles. The summed E-state index contributed by atoms with van der Waals surface area (Å²) in [4.78, 5) is 63.6. The van der Waals surface area contributed by atoms with Crippen molar-refractivity contribution >= 4 is 29.4 Å². The largest absolute Gasteiger partial charge is 0.446 e. The molecule has 2 aliphatic rings. The zero-order valence-corrected chi connectivity index (χ0v) is 16.9. The molecule has 1 unspecified atom stereocenters. The van der Waals surface area contributed by atoms with E-state index in [1.165, 1.54) is 12.1 Å². The van der Waals surface area contributed by atoms with E-state index in [-0.39, 0.29) is 17.0 Å². The van der Waals surface area contributed by atoms with E-state index in [2.05, 4.69) is 0 Å². The van der Waals surface area contributed by atoms with Crippen molar-refractivity contribution < 1.29 is 28.8 Å². The average molecular weight is 437 g/mol. The average Bonchev–Trinajstić information content (AvgIpc) is 3.41. The van der Waals surface area contributed by atoms with E-state index in [9.17, 15) is 29.3 Å². The van der Waals surface area contributed by atoms with Gasteiger partial charge in [0.25, 0.3) is 23.4 Å². The molecule has 1 fully saturated rings. The minimum Gasteiger partial charge on any atom is -0.446 e. The number of imide groups is 1. The highest BCUT2D eigenvalue weighted by atomic mass is 16.6. The van der Waals surface area contributed by atoms with Crippen LogP contribution in [-0.2, 0) is 14.3 Å². The standard InChI is InChI=1S/C22H19N3O7/c26-17(13-24-20(27)15-9-6-10-16(25(30)31)18(15)21(24)28)32-19(14-7-2-1-3-8-14)22(29)23-11-4-5-12-23/h1-3,6-10,19H,4-5,11-13H2. The summed E-state index contributed by atoms with van der Waals surface area (Å²) in [6.07, 6.45) is 0.496. The number of benzene rings is 2. The molecular formula is C22H19N3O7. The normalized spacial score (nSPS) is 16.1. The Kier molecular flexibility index (Phi) is 5.67. The van der Waals surface area contributed by atoms with Crippen molar-refractivity contribution in [1.82, 2.24) is 9.80 Å². The van der Waals surface area contributed by atoms with Crippen LogP contribution in [-0.4, -0.2) is 58.0 Å². The highest BCUT2D eigenvalue weighted by Gasteiger charge is 2.42. The molecule has 3 amide bonds. The molecule has 0 aromatic heterocycles. The molecule has 0 saturated carbocycles. The first-order chi connectivity index (χ1) is 15.4. The van der Waals surface area contributed by atoms with Gasteiger partial charge in [-0.3, -0.25) is 34.2 Å². The van der Waals surface area contributed by atoms with Crippen LogP contribution in [0.5, 0.6) is 0 Å². The van der Waals surface area contributed by atoms with E-state index in [0.29, 0.717) is 23.6 Å². The lowest BCUT2D eigenvalue weighted by molar-refractivity contribution is -0.385. The molecule has 10 heteroatoms. The summed E-state index contributed by atoms with van der Waals surface area (Å²) in [6, 6.07) is 12.2. The first kappa shape index (κ1) is 21.2. The number of nitro benzene ring substituents is 1. The maximum Gasteiger partial charge on any atom is 0.327 e. The number of nitrogens with zero attached hydrogens (tertiary/aromatic N) is 3. The second-order valence-corrected chi connectivity index (χ2v) is 7.47. The number of nitro groups is 1. The van der Waals surface area contributed by atoms with Crippen LogP contribution < -0.4 is 0 Å². The minimum atomic E-state index is -1.22. The Labute approximate surface area is 182 Å². The maximum atomic E-state index is 13.0. The highest BCUT2D eigenvalue weighted by molar-refractivity contribution is 6.24. The number of ether oxygens (including phenoxy) is 1. The van der Waals surface area contributed by atoms with E-state index in [1.54, 1.807) is 35.2 Å². The van der Waals surface area contributed by atoms with Crippen LogP contribution in [0.4, 0.5) is 5.69 Å². The van der Waals surface area contributed by atoms with Gasteiger partial charge in [-0.2, -0.15) is 0 Å². The monoisotopic (exact) mass is 437 g/mol. The van der Waals surface area contributed by atoms with Gasteiger partial charge < -0.3 is 9.64 Å². The third-order valence-electron chi connectivity index (χ3n) is 5.45. The smallest absolute Gasteiger partial charge is 0.327 e. The SMILES string of the molecule is O=C(CN1C(=O)c2cccc([N+](=O)[O-])c2C1=O)OC(C(=O)N1CCCC1)c1ccccc1.